The van der Waals surface area contributed by atoms with Gasteiger partial charge in [0.2, 0.25) is 0 Å². The highest BCUT2D eigenvalue weighted by molar-refractivity contribution is 5.95. The van der Waals surface area contributed by atoms with Crippen molar-refractivity contribution in [1.82, 2.24) is 19.5 Å². The van der Waals surface area contributed by atoms with Crippen molar-refractivity contribution < 1.29 is 9.53 Å². The van der Waals surface area contributed by atoms with Crippen molar-refractivity contribution in [2.24, 2.45) is 0 Å². The van der Waals surface area contributed by atoms with Crippen molar-refractivity contribution in [3.8, 4) is 17.3 Å². The van der Waals surface area contributed by atoms with Crippen LogP contribution in [0.2, 0.25) is 0 Å². The van der Waals surface area contributed by atoms with Crippen LogP contribution in [0.3, 0.4) is 0 Å². The molecule has 1 saturated carbocycles. The highest BCUT2D eigenvalue weighted by Crippen LogP contribution is 2.43. The quantitative estimate of drug-likeness (QED) is 0.331. The van der Waals surface area contributed by atoms with Gasteiger partial charge in [0, 0.05) is 18.3 Å². The van der Waals surface area contributed by atoms with E-state index >= 15 is 0 Å². The van der Waals surface area contributed by atoms with Crippen molar-refractivity contribution in [2.45, 2.75) is 58.6 Å². The molecule has 3 heterocycles. The molecular formula is C28H28N6O2. The molecular weight excluding hydrogens is 452 g/mol. The van der Waals surface area contributed by atoms with Gasteiger partial charge in [-0.25, -0.2) is 24.6 Å². The second-order valence-corrected chi connectivity index (χ2v) is 9.98. The number of carbonyl (C=O) groups is 1. The fourth-order valence-electron chi connectivity index (χ4n) is 4.15. The first kappa shape index (κ1) is 23.5. The van der Waals surface area contributed by atoms with Crippen molar-refractivity contribution in [3.05, 3.63) is 66.1 Å². The Morgan fingerprint density at radius 1 is 1.14 bits per heavy atom. The van der Waals surface area contributed by atoms with E-state index in [2.05, 4.69) is 39.7 Å². The first-order chi connectivity index (χ1) is 17.3. The number of aromatic nitrogens is 4. The largest absolute Gasteiger partial charge is 0.443 e. The second kappa shape index (κ2) is 9.08. The molecule has 182 valence electrons. The predicted molar refractivity (Wildman–Crippen MR) is 138 cm³/mol. The predicted octanol–water partition coefficient (Wildman–Crippen LogP) is 6.34. The highest BCUT2D eigenvalue weighted by Gasteiger charge is 2.30. The number of anilines is 2. The molecule has 0 unspecified atom stereocenters. The van der Waals surface area contributed by atoms with Crippen molar-refractivity contribution >= 4 is 28.8 Å². The van der Waals surface area contributed by atoms with Gasteiger partial charge in [0.15, 0.2) is 0 Å². The van der Waals surface area contributed by atoms with Crippen LogP contribution in [0.1, 0.15) is 57.6 Å². The van der Waals surface area contributed by atoms with Gasteiger partial charge in [-0.05, 0) is 88.4 Å². The van der Waals surface area contributed by atoms with Crippen LogP contribution in [-0.4, -0.2) is 31.2 Å². The van der Waals surface area contributed by atoms with Crippen LogP contribution in [0.4, 0.5) is 16.4 Å². The smallest absolute Gasteiger partial charge is 0.421 e. The SMILES string of the molecule is CCn1cnc2cc(-c3cc(C4CC4)cc(N(C(=O)OC(C)(C)C)c4cc(C#N)ccn4)n3)ccc21. The summed E-state index contributed by atoms with van der Waals surface area (Å²) in [6.07, 6.45) is 4.93. The van der Waals surface area contributed by atoms with E-state index in [-0.39, 0.29) is 5.82 Å². The fraction of sp³-hybridized carbons (Fsp3) is 0.321. The average Bonchev–Trinajstić information content (AvgIpc) is 3.62. The molecule has 0 atom stereocenters. The number of ether oxygens (including phenoxy) is 1. The molecule has 1 aromatic carbocycles. The number of fused-ring (bicyclic) bond motifs is 1. The molecule has 8 heteroatoms. The van der Waals surface area contributed by atoms with Crippen LogP contribution in [0.5, 0.6) is 0 Å². The number of imidazole rings is 1. The van der Waals surface area contributed by atoms with Crippen molar-refractivity contribution in [3.63, 3.8) is 0 Å². The Morgan fingerprint density at radius 3 is 2.64 bits per heavy atom. The van der Waals surface area contributed by atoms with Gasteiger partial charge < -0.3 is 9.30 Å². The van der Waals surface area contributed by atoms with Gasteiger partial charge >= 0.3 is 6.09 Å². The molecule has 3 aromatic heterocycles. The molecule has 0 spiro atoms. The minimum atomic E-state index is -0.720. The normalized spacial score (nSPS) is 13.4. The average molecular weight is 481 g/mol. The van der Waals surface area contributed by atoms with Gasteiger partial charge in [-0.2, -0.15) is 5.26 Å². The summed E-state index contributed by atoms with van der Waals surface area (Å²) in [5, 5.41) is 9.43. The number of pyridine rings is 2. The zero-order valence-corrected chi connectivity index (χ0v) is 20.9. The molecule has 1 aliphatic rings. The maximum Gasteiger partial charge on any atom is 0.421 e. The van der Waals surface area contributed by atoms with E-state index in [0.29, 0.717) is 17.3 Å². The number of carbonyl (C=O) groups excluding carboxylic acids is 1. The number of rotatable bonds is 5. The van der Waals surface area contributed by atoms with Gasteiger partial charge in [-0.3, -0.25) is 0 Å². The molecule has 8 nitrogen and oxygen atoms in total. The van der Waals surface area contributed by atoms with Crippen LogP contribution >= 0.6 is 0 Å². The zero-order chi connectivity index (χ0) is 25.4. The maximum atomic E-state index is 13.4. The summed E-state index contributed by atoms with van der Waals surface area (Å²) in [6, 6.07) is 15.4. The van der Waals surface area contributed by atoms with Gasteiger partial charge in [0.05, 0.1) is 34.7 Å². The number of hydrogen-bond donors (Lipinski definition) is 0. The summed E-state index contributed by atoms with van der Waals surface area (Å²) in [5.74, 6) is 1.12. The van der Waals surface area contributed by atoms with Crippen LogP contribution in [0.15, 0.2) is 55.0 Å². The lowest BCUT2D eigenvalue weighted by atomic mass is 10.1. The van der Waals surface area contributed by atoms with Crippen LogP contribution in [0.25, 0.3) is 22.3 Å². The van der Waals surface area contributed by atoms with Gasteiger partial charge in [0.25, 0.3) is 0 Å². The van der Waals surface area contributed by atoms with Crippen LogP contribution in [-0.2, 0) is 11.3 Å². The molecule has 0 aliphatic heterocycles. The first-order valence-electron chi connectivity index (χ1n) is 12.1. The molecule has 4 aromatic rings. The molecule has 0 bridgehead atoms. The lowest BCUT2D eigenvalue weighted by molar-refractivity contribution is 0.0597. The maximum absolute atomic E-state index is 13.4. The lowest BCUT2D eigenvalue weighted by Crippen LogP contribution is -2.35. The standard InChI is InChI=1S/C28H28N6O2/c1-5-33-17-31-23-13-20(8-9-24(23)33)22-14-21(19-6-7-19)15-26(32-22)34(27(35)36-28(2,3)4)25-12-18(16-29)10-11-30-25/h8-15,17,19H,5-7H2,1-4H3. The summed E-state index contributed by atoms with van der Waals surface area (Å²) >= 11 is 0. The Bertz CT molecular complexity index is 1490. The minimum Gasteiger partial charge on any atom is -0.443 e. The molecule has 1 aliphatic carbocycles. The van der Waals surface area contributed by atoms with E-state index in [1.165, 1.54) is 11.1 Å². The van der Waals surface area contributed by atoms with E-state index in [0.717, 1.165) is 47.2 Å². The van der Waals surface area contributed by atoms with Gasteiger partial charge in [0.1, 0.15) is 17.2 Å². The van der Waals surface area contributed by atoms with Crippen LogP contribution < -0.4 is 4.90 Å². The molecule has 1 fully saturated rings. The van der Waals surface area contributed by atoms with E-state index in [4.69, 9.17) is 9.72 Å². The van der Waals surface area contributed by atoms with Gasteiger partial charge in [-0.15, -0.1) is 0 Å². The summed E-state index contributed by atoms with van der Waals surface area (Å²) in [7, 11) is 0. The number of nitrogens with zero attached hydrogens (tertiary/aromatic N) is 6. The number of amides is 1. The zero-order valence-electron chi connectivity index (χ0n) is 20.9. The second-order valence-electron chi connectivity index (χ2n) is 9.98. The number of aryl methyl sites for hydroxylation is 1. The Hall–Kier alpha value is -4.25. The Balaban J connectivity index is 1.65. The van der Waals surface area contributed by atoms with Gasteiger partial charge in [-0.1, -0.05) is 6.07 Å². The van der Waals surface area contributed by atoms with E-state index in [1.807, 2.05) is 45.3 Å². The van der Waals surface area contributed by atoms with E-state index < -0.39 is 11.7 Å². The highest BCUT2D eigenvalue weighted by atomic mass is 16.6. The summed E-state index contributed by atoms with van der Waals surface area (Å²) in [6.45, 7) is 8.36. The summed E-state index contributed by atoms with van der Waals surface area (Å²) in [4.78, 5) is 28.6. The monoisotopic (exact) mass is 480 g/mol. The summed E-state index contributed by atoms with van der Waals surface area (Å²) in [5.41, 5.74) is 4.39. The Labute approximate surface area is 210 Å². The number of nitriles is 1. The first-order valence-corrected chi connectivity index (χ1v) is 12.1. The lowest BCUT2D eigenvalue weighted by Gasteiger charge is -2.27. The molecule has 1 amide bonds. The Morgan fingerprint density at radius 2 is 1.94 bits per heavy atom. The Kier molecular flexibility index (Phi) is 5.92. The third-order valence-electron chi connectivity index (χ3n) is 6.05. The van der Waals surface area contributed by atoms with Crippen LogP contribution in [0, 0.1) is 11.3 Å². The third kappa shape index (κ3) is 4.78. The van der Waals surface area contributed by atoms with E-state index in [1.54, 1.807) is 12.1 Å². The third-order valence-corrected chi connectivity index (χ3v) is 6.05. The minimum absolute atomic E-state index is 0.284. The molecule has 0 radical (unpaired) electrons. The molecule has 5 rings (SSSR count). The fourth-order valence-corrected chi connectivity index (χ4v) is 4.15. The number of hydrogen-bond acceptors (Lipinski definition) is 6. The van der Waals surface area contributed by atoms with Crippen molar-refractivity contribution in [2.75, 3.05) is 4.90 Å². The molecule has 0 saturated heterocycles. The topological polar surface area (TPSA) is 96.9 Å². The number of benzene rings is 1. The van der Waals surface area contributed by atoms with E-state index in [9.17, 15) is 10.1 Å². The molecule has 36 heavy (non-hydrogen) atoms. The van der Waals surface area contributed by atoms with Crippen molar-refractivity contribution in [1.29, 1.82) is 5.26 Å². The summed E-state index contributed by atoms with van der Waals surface area (Å²) < 4.78 is 7.82. The molecule has 0 N–H and O–H groups in total.